The van der Waals surface area contributed by atoms with Crippen molar-refractivity contribution in [2.24, 2.45) is 0 Å². The molecule has 0 unspecified atom stereocenters. The van der Waals surface area contributed by atoms with E-state index in [9.17, 15) is 4.79 Å². The number of benzene rings is 1. The summed E-state index contributed by atoms with van der Waals surface area (Å²) in [5.41, 5.74) is 2.39. The molecule has 0 aliphatic heterocycles. The third-order valence-corrected chi connectivity index (χ3v) is 2.77. The first-order valence-corrected chi connectivity index (χ1v) is 5.79. The van der Waals surface area contributed by atoms with Crippen LogP contribution in [-0.4, -0.2) is 0 Å². The van der Waals surface area contributed by atoms with Gasteiger partial charge in [-0.1, -0.05) is 23.3 Å². The maximum absolute atomic E-state index is 12.1. The molecule has 0 N–H and O–H groups in total. The van der Waals surface area contributed by atoms with Crippen LogP contribution in [0.3, 0.4) is 0 Å². The molecule has 1 aromatic heterocycles. The first kappa shape index (κ1) is 11.9. The Hall–Kier alpha value is -1.54. The summed E-state index contributed by atoms with van der Waals surface area (Å²) in [6, 6.07) is 5.07. The van der Waals surface area contributed by atoms with Gasteiger partial charge < -0.3 is 4.42 Å². The Labute approximate surface area is 105 Å². The van der Waals surface area contributed by atoms with Crippen molar-refractivity contribution in [1.82, 2.24) is 0 Å². The number of rotatable bonds is 2. The lowest BCUT2D eigenvalue weighted by Gasteiger charge is -2.00. The molecule has 1 heterocycles. The van der Waals surface area contributed by atoms with E-state index in [1.165, 1.54) is 11.8 Å². The fraction of sp³-hybridized carbons (Fsp3) is 0.214. The van der Waals surface area contributed by atoms with Crippen molar-refractivity contribution in [3.63, 3.8) is 0 Å². The van der Waals surface area contributed by atoms with Gasteiger partial charge in [0.1, 0.15) is 5.58 Å². The van der Waals surface area contributed by atoms with E-state index in [1.807, 2.05) is 19.9 Å². The summed E-state index contributed by atoms with van der Waals surface area (Å²) >= 11 is 5.88. The molecule has 2 aromatic rings. The van der Waals surface area contributed by atoms with Crippen molar-refractivity contribution in [2.45, 2.75) is 20.3 Å². The molecule has 0 saturated carbocycles. The molecule has 0 aliphatic rings. The molecule has 0 spiro atoms. The maximum atomic E-state index is 12.1. The van der Waals surface area contributed by atoms with Gasteiger partial charge in [-0.05, 0) is 38.5 Å². The van der Waals surface area contributed by atoms with Gasteiger partial charge in [-0.25, -0.2) is 0 Å². The molecule has 0 radical (unpaired) electrons. The second-order valence-electron chi connectivity index (χ2n) is 4.22. The van der Waals surface area contributed by atoms with Gasteiger partial charge in [0.25, 0.3) is 0 Å². The van der Waals surface area contributed by atoms with Crippen LogP contribution in [0.1, 0.15) is 19.4 Å². The molecule has 0 bridgehead atoms. The van der Waals surface area contributed by atoms with E-state index in [0.717, 1.165) is 0 Å². The zero-order chi connectivity index (χ0) is 12.4. The highest BCUT2D eigenvalue weighted by atomic mass is 35.5. The van der Waals surface area contributed by atoms with Gasteiger partial charge in [-0.2, -0.15) is 0 Å². The number of halogens is 1. The van der Waals surface area contributed by atoms with E-state index in [4.69, 9.17) is 16.0 Å². The first-order valence-electron chi connectivity index (χ1n) is 5.41. The van der Waals surface area contributed by atoms with Gasteiger partial charge in [0.15, 0.2) is 5.43 Å². The van der Waals surface area contributed by atoms with Crippen LogP contribution in [0.4, 0.5) is 0 Å². The number of hydrogen-bond acceptors (Lipinski definition) is 2. The molecule has 0 saturated heterocycles. The molecule has 2 nitrogen and oxygen atoms in total. The number of fused-ring (bicyclic) bond motifs is 1. The smallest absolute Gasteiger partial charge is 0.196 e. The van der Waals surface area contributed by atoms with Crippen molar-refractivity contribution in [1.29, 1.82) is 0 Å². The third-order valence-electron chi connectivity index (χ3n) is 2.54. The van der Waals surface area contributed by atoms with Gasteiger partial charge in [-0.3, -0.25) is 4.79 Å². The molecule has 88 valence electrons. The summed E-state index contributed by atoms with van der Waals surface area (Å²) in [7, 11) is 0. The average molecular weight is 249 g/mol. The maximum Gasteiger partial charge on any atom is 0.196 e. The van der Waals surface area contributed by atoms with Gasteiger partial charge in [0, 0.05) is 10.6 Å². The summed E-state index contributed by atoms with van der Waals surface area (Å²) in [5, 5.41) is 1.08. The molecule has 2 rings (SSSR count). The lowest BCUT2D eigenvalue weighted by Crippen LogP contribution is -2.07. The predicted molar refractivity (Wildman–Crippen MR) is 70.6 cm³/mol. The second kappa shape index (κ2) is 4.76. The zero-order valence-electron chi connectivity index (χ0n) is 9.79. The van der Waals surface area contributed by atoms with E-state index in [2.05, 4.69) is 0 Å². The van der Waals surface area contributed by atoms with Crippen molar-refractivity contribution in [2.75, 3.05) is 0 Å². The summed E-state index contributed by atoms with van der Waals surface area (Å²) < 4.78 is 5.42. The highest BCUT2D eigenvalue weighted by Gasteiger charge is 2.06. The van der Waals surface area contributed by atoms with E-state index in [1.54, 1.807) is 18.2 Å². The molecular weight excluding hydrogens is 236 g/mol. The molecule has 17 heavy (non-hydrogen) atoms. The molecule has 0 atom stereocenters. The second-order valence-corrected chi connectivity index (χ2v) is 4.65. The highest BCUT2D eigenvalue weighted by Crippen LogP contribution is 2.17. The highest BCUT2D eigenvalue weighted by molar-refractivity contribution is 6.31. The SMILES string of the molecule is CC(C)=CCc1coc2ccc(Cl)cc2c1=O. The van der Waals surface area contributed by atoms with Crippen LogP contribution in [0.15, 0.2) is 45.3 Å². The third kappa shape index (κ3) is 2.59. The Morgan fingerprint density at radius 1 is 1.41 bits per heavy atom. The predicted octanol–water partition coefficient (Wildman–Crippen LogP) is 3.96. The van der Waals surface area contributed by atoms with E-state index >= 15 is 0 Å². The Morgan fingerprint density at radius 2 is 2.18 bits per heavy atom. The lowest BCUT2D eigenvalue weighted by molar-refractivity contribution is 0.595. The van der Waals surface area contributed by atoms with Crippen molar-refractivity contribution in [3.8, 4) is 0 Å². The minimum absolute atomic E-state index is 0.00810. The van der Waals surface area contributed by atoms with Gasteiger partial charge in [-0.15, -0.1) is 0 Å². The summed E-state index contributed by atoms with van der Waals surface area (Å²) in [6.45, 7) is 4.00. The van der Waals surface area contributed by atoms with Crippen LogP contribution in [0.2, 0.25) is 5.02 Å². The molecule has 0 fully saturated rings. The van der Waals surface area contributed by atoms with Crippen LogP contribution in [-0.2, 0) is 6.42 Å². The van der Waals surface area contributed by atoms with Crippen LogP contribution < -0.4 is 5.43 Å². The standard InChI is InChI=1S/C14H13ClO2/c1-9(2)3-4-10-8-17-13-6-5-11(15)7-12(13)14(10)16/h3,5-8H,4H2,1-2H3. The number of hydrogen-bond donors (Lipinski definition) is 0. The van der Waals surface area contributed by atoms with E-state index in [-0.39, 0.29) is 5.43 Å². The number of allylic oxidation sites excluding steroid dienone is 2. The van der Waals surface area contributed by atoms with E-state index in [0.29, 0.717) is 28.0 Å². The molecule has 1 aromatic carbocycles. The summed E-state index contributed by atoms with van der Waals surface area (Å²) in [5.74, 6) is 0. The van der Waals surface area contributed by atoms with Gasteiger partial charge in [0.2, 0.25) is 0 Å². The summed E-state index contributed by atoms with van der Waals surface area (Å²) in [6.07, 6.45) is 4.12. The Bertz CT molecular complexity index is 634. The van der Waals surface area contributed by atoms with Crippen molar-refractivity contribution >= 4 is 22.6 Å². The van der Waals surface area contributed by atoms with Gasteiger partial charge >= 0.3 is 0 Å². The summed E-state index contributed by atoms with van der Waals surface area (Å²) in [4.78, 5) is 12.1. The molecule has 0 amide bonds. The topological polar surface area (TPSA) is 30.2 Å². The van der Waals surface area contributed by atoms with E-state index < -0.39 is 0 Å². The van der Waals surface area contributed by atoms with Crippen LogP contribution in [0.25, 0.3) is 11.0 Å². The largest absolute Gasteiger partial charge is 0.464 e. The van der Waals surface area contributed by atoms with Crippen molar-refractivity contribution in [3.05, 3.63) is 56.9 Å². The van der Waals surface area contributed by atoms with Crippen LogP contribution in [0.5, 0.6) is 0 Å². The normalized spacial score (nSPS) is 10.5. The van der Waals surface area contributed by atoms with Crippen LogP contribution in [0, 0.1) is 0 Å². The monoisotopic (exact) mass is 248 g/mol. The Kier molecular flexibility index (Phi) is 3.34. The fourth-order valence-electron chi connectivity index (χ4n) is 1.60. The zero-order valence-corrected chi connectivity index (χ0v) is 10.5. The fourth-order valence-corrected chi connectivity index (χ4v) is 1.77. The lowest BCUT2D eigenvalue weighted by atomic mass is 10.1. The first-order chi connectivity index (χ1) is 8.08. The minimum atomic E-state index is -0.00810. The Morgan fingerprint density at radius 3 is 2.88 bits per heavy atom. The van der Waals surface area contributed by atoms with Gasteiger partial charge in [0.05, 0.1) is 11.6 Å². The Balaban J connectivity index is 2.57. The van der Waals surface area contributed by atoms with Crippen LogP contribution >= 0.6 is 11.6 Å². The molecule has 0 aliphatic carbocycles. The molecular formula is C14H13ClO2. The average Bonchev–Trinajstić information content (AvgIpc) is 2.29. The molecule has 3 heteroatoms. The van der Waals surface area contributed by atoms with Crippen molar-refractivity contribution < 1.29 is 4.42 Å². The minimum Gasteiger partial charge on any atom is -0.464 e. The quantitative estimate of drug-likeness (QED) is 0.753.